The molecule has 1 atom stereocenters. The first-order valence-electron chi connectivity index (χ1n) is 8.35. The number of carbonyl (C=O) groups is 3. The molecule has 144 valence electrons. The van der Waals surface area contributed by atoms with Crippen molar-refractivity contribution in [2.45, 2.75) is 39.2 Å². The maximum Gasteiger partial charge on any atom is 0.321 e. The summed E-state index contributed by atoms with van der Waals surface area (Å²) in [6.07, 6.45) is 1.23. The van der Waals surface area contributed by atoms with Crippen LogP contribution in [0.1, 0.15) is 32.3 Å². The molecule has 3 amide bonds. The summed E-state index contributed by atoms with van der Waals surface area (Å²) in [5.41, 5.74) is 0.843. The first-order valence-corrected chi connectivity index (χ1v) is 8.35. The average molecular weight is 366 g/mol. The van der Waals surface area contributed by atoms with Gasteiger partial charge in [-0.1, -0.05) is 6.92 Å². The Labute approximate surface area is 153 Å². The van der Waals surface area contributed by atoms with E-state index in [2.05, 4.69) is 10.6 Å². The van der Waals surface area contributed by atoms with Crippen LogP contribution in [0.2, 0.25) is 0 Å². The molecule has 0 heterocycles. The van der Waals surface area contributed by atoms with Crippen molar-refractivity contribution in [1.29, 1.82) is 0 Å². The minimum atomic E-state index is -0.679. The molecule has 8 nitrogen and oxygen atoms in total. The smallest absolute Gasteiger partial charge is 0.321 e. The SMILES string of the molecule is CC[C@@H](C)NC(=O)NC(=O)COC(=O)CCc1cc(OC)cc(OC)c1. The summed E-state index contributed by atoms with van der Waals surface area (Å²) in [6.45, 7) is 3.22. The molecule has 0 radical (unpaired) electrons. The molecule has 0 spiro atoms. The zero-order chi connectivity index (χ0) is 19.5. The molecule has 0 aromatic heterocycles. The lowest BCUT2D eigenvalue weighted by Crippen LogP contribution is -2.44. The Hall–Kier alpha value is -2.77. The highest BCUT2D eigenvalue weighted by Crippen LogP contribution is 2.23. The molecule has 0 aliphatic carbocycles. The van der Waals surface area contributed by atoms with Crippen molar-refractivity contribution in [3.05, 3.63) is 23.8 Å². The van der Waals surface area contributed by atoms with Crippen LogP contribution in [0.4, 0.5) is 4.79 Å². The number of methoxy groups -OCH3 is 2. The van der Waals surface area contributed by atoms with Gasteiger partial charge >= 0.3 is 12.0 Å². The van der Waals surface area contributed by atoms with Gasteiger partial charge in [-0.05, 0) is 37.5 Å². The molecule has 0 bridgehead atoms. The number of esters is 1. The third kappa shape index (κ3) is 7.87. The second-order valence-electron chi connectivity index (χ2n) is 5.71. The molecule has 0 fully saturated rings. The number of ether oxygens (including phenoxy) is 3. The van der Waals surface area contributed by atoms with Crippen LogP contribution in [0.5, 0.6) is 11.5 Å². The van der Waals surface area contributed by atoms with Crippen LogP contribution in [-0.2, 0) is 20.7 Å². The third-order valence-electron chi connectivity index (χ3n) is 3.64. The van der Waals surface area contributed by atoms with Gasteiger partial charge in [-0.15, -0.1) is 0 Å². The quantitative estimate of drug-likeness (QED) is 0.646. The third-order valence-corrected chi connectivity index (χ3v) is 3.64. The fourth-order valence-electron chi connectivity index (χ4n) is 2.00. The Kier molecular flexibility index (Phi) is 8.97. The van der Waals surface area contributed by atoms with Crippen LogP contribution in [-0.4, -0.2) is 44.8 Å². The first kappa shape index (κ1) is 21.3. The number of nitrogens with one attached hydrogen (secondary N) is 2. The van der Waals surface area contributed by atoms with Gasteiger partial charge < -0.3 is 19.5 Å². The molecule has 1 aromatic rings. The molecular formula is C18H26N2O6. The van der Waals surface area contributed by atoms with Crippen molar-refractivity contribution in [3.63, 3.8) is 0 Å². The number of hydrogen-bond donors (Lipinski definition) is 2. The van der Waals surface area contributed by atoms with Crippen LogP contribution in [0.3, 0.4) is 0 Å². The van der Waals surface area contributed by atoms with Gasteiger partial charge in [0.25, 0.3) is 5.91 Å². The maximum atomic E-state index is 11.8. The van der Waals surface area contributed by atoms with Crippen molar-refractivity contribution < 1.29 is 28.6 Å². The van der Waals surface area contributed by atoms with Crippen LogP contribution >= 0.6 is 0 Å². The van der Waals surface area contributed by atoms with Crippen LogP contribution in [0, 0.1) is 0 Å². The first-order chi connectivity index (χ1) is 12.4. The van der Waals surface area contributed by atoms with E-state index in [0.29, 0.717) is 17.9 Å². The Bertz CT molecular complexity index is 610. The fourth-order valence-corrected chi connectivity index (χ4v) is 2.00. The predicted molar refractivity (Wildman–Crippen MR) is 95.3 cm³/mol. The van der Waals surface area contributed by atoms with E-state index in [1.807, 2.05) is 13.8 Å². The van der Waals surface area contributed by atoms with Gasteiger partial charge in [0.05, 0.1) is 14.2 Å². The summed E-state index contributed by atoms with van der Waals surface area (Å²) in [5.74, 6) is 0.0327. The van der Waals surface area contributed by atoms with E-state index in [1.54, 1.807) is 32.4 Å². The van der Waals surface area contributed by atoms with Crippen LogP contribution in [0.15, 0.2) is 18.2 Å². The number of urea groups is 1. The highest BCUT2D eigenvalue weighted by Gasteiger charge is 2.12. The lowest BCUT2D eigenvalue weighted by atomic mass is 10.1. The van der Waals surface area contributed by atoms with E-state index in [4.69, 9.17) is 14.2 Å². The van der Waals surface area contributed by atoms with E-state index in [-0.39, 0.29) is 12.5 Å². The summed E-state index contributed by atoms with van der Waals surface area (Å²) >= 11 is 0. The van der Waals surface area contributed by atoms with Gasteiger partial charge in [-0.3, -0.25) is 14.9 Å². The molecular weight excluding hydrogens is 340 g/mol. The van der Waals surface area contributed by atoms with Crippen molar-refractivity contribution in [2.24, 2.45) is 0 Å². The van der Waals surface area contributed by atoms with E-state index >= 15 is 0 Å². The number of aryl methyl sites for hydroxylation is 1. The minimum absolute atomic E-state index is 0.0507. The molecule has 26 heavy (non-hydrogen) atoms. The number of carbonyl (C=O) groups excluding carboxylic acids is 3. The standard InChI is InChI=1S/C18H26N2O6/c1-5-12(2)19-18(23)20-16(21)11-26-17(22)7-6-13-8-14(24-3)10-15(9-13)25-4/h8-10,12H,5-7,11H2,1-4H3,(H2,19,20,21,23)/t12-/m1/s1. The second kappa shape index (κ2) is 11.0. The lowest BCUT2D eigenvalue weighted by Gasteiger charge is -2.12. The number of benzene rings is 1. The van der Waals surface area contributed by atoms with Crippen LogP contribution < -0.4 is 20.1 Å². The summed E-state index contributed by atoms with van der Waals surface area (Å²) < 4.78 is 15.2. The van der Waals surface area contributed by atoms with E-state index in [9.17, 15) is 14.4 Å². The highest BCUT2D eigenvalue weighted by molar-refractivity contribution is 5.95. The van der Waals surface area contributed by atoms with Gasteiger partial charge in [-0.2, -0.15) is 0 Å². The fraction of sp³-hybridized carbons (Fsp3) is 0.500. The summed E-state index contributed by atoms with van der Waals surface area (Å²) in [6, 6.07) is 4.66. The normalized spacial score (nSPS) is 11.2. The van der Waals surface area contributed by atoms with Crippen molar-refractivity contribution >= 4 is 17.9 Å². The summed E-state index contributed by atoms with van der Waals surface area (Å²) in [4.78, 5) is 34.9. The summed E-state index contributed by atoms with van der Waals surface area (Å²) in [5, 5.41) is 4.69. The van der Waals surface area contributed by atoms with E-state index in [1.165, 1.54) is 0 Å². The molecule has 1 rings (SSSR count). The highest BCUT2D eigenvalue weighted by atomic mass is 16.5. The van der Waals surface area contributed by atoms with Gasteiger partial charge in [0.1, 0.15) is 11.5 Å². The van der Waals surface area contributed by atoms with E-state index in [0.717, 1.165) is 12.0 Å². The molecule has 0 saturated heterocycles. The number of hydrogen-bond acceptors (Lipinski definition) is 6. The molecule has 0 aliphatic heterocycles. The largest absolute Gasteiger partial charge is 0.497 e. The van der Waals surface area contributed by atoms with E-state index < -0.39 is 24.5 Å². The number of amides is 3. The topological polar surface area (TPSA) is 103 Å². The summed E-state index contributed by atoms with van der Waals surface area (Å²) in [7, 11) is 3.09. The minimum Gasteiger partial charge on any atom is -0.497 e. The average Bonchev–Trinajstić information content (AvgIpc) is 2.63. The lowest BCUT2D eigenvalue weighted by molar-refractivity contribution is -0.148. The van der Waals surface area contributed by atoms with Gasteiger partial charge in [0.15, 0.2) is 6.61 Å². The van der Waals surface area contributed by atoms with Crippen molar-refractivity contribution in [3.8, 4) is 11.5 Å². The maximum absolute atomic E-state index is 11.8. The molecule has 0 saturated carbocycles. The van der Waals surface area contributed by atoms with Gasteiger partial charge in [0, 0.05) is 18.5 Å². The molecule has 0 unspecified atom stereocenters. The predicted octanol–water partition coefficient (Wildman–Crippen LogP) is 1.80. The molecule has 2 N–H and O–H groups in total. The Morgan fingerprint density at radius 3 is 2.23 bits per heavy atom. The monoisotopic (exact) mass is 366 g/mol. The van der Waals surface area contributed by atoms with Crippen molar-refractivity contribution in [2.75, 3.05) is 20.8 Å². The molecule has 1 aromatic carbocycles. The zero-order valence-electron chi connectivity index (χ0n) is 15.6. The number of rotatable bonds is 9. The van der Waals surface area contributed by atoms with Gasteiger partial charge in [0.2, 0.25) is 0 Å². The molecule has 8 heteroatoms. The van der Waals surface area contributed by atoms with Gasteiger partial charge in [-0.25, -0.2) is 4.79 Å². The van der Waals surface area contributed by atoms with Crippen LogP contribution in [0.25, 0.3) is 0 Å². The zero-order valence-corrected chi connectivity index (χ0v) is 15.6. The Morgan fingerprint density at radius 1 is 1.08 bits per heavy atom. The Morgan fingerprint density at radius 2 is 1.69 bits per heavy atom. The second-order valence-corrected chi connectivity index (χ2v) is 5.71. The molecule has 0 aliphatic rings. The number of imide groups is 1. The Balaban J connectivity index is 2.38. The van der Waals surface area contributed by atoms with Crippen molar-refractivity contribution in [1.82, 2.24) is 10.6 Å².